The summed E-state index contributed by atoms with van der Waals surface area (Å²) in [6.45, 7) is 0. The van der Waals surface area contributed by atoms with Gasteiger partial charge in [-0.15, -0.1) is 0 Å². The fourth-order valence-corrected chi connectivity index (χ4v) is 4.21. The second-order valence-electron chi connectivity index (χ2n) is 6.91. The quantitative estimate of drug-likeness (QED) is 0.366. The fourth-order valence-electron chi connectivity index (χ4n) is 3.94. The van der Waals surface area contributed by atoms with Crippen molar-refractivity contribution in [3.63, 3.8) is 0 Å². The monoisotopic (exact) mass is 442 g/mol. The maximum absolute atomic E-state index is 9.53. The molecule has 5 nitrogen and oxygen atoms in total. The van der Waals surface area contributed by atoms with Gasteiger partial charge in [-0.25, -0.2) is 0 Å². The number of nitriles is 1. The van der Waals surface area contributed by atoms with Crippen molar-refractivity contribution in [1.29, 1.82) is 5.26 Å². The molecule has 0 amide bonds. The average molecular weight is 443 g/mol. The molecule has 0 saturated carbocycles. The maximum Gasteiger partial charge on any atom is 0.227 e. The number of aromatic nitrogens is 1. The lowest BCUT2D eigenvalue weighted by atomic mass is 9.81. The van der Waals surface area contributed by atoms with Crippen LogP contribution >= 0.6 is 15.9 Å². The number of hydrogen-bond donors (Lipinski definition) is 2. The molecule has 1 aliphatic rings. The van der Waals surface area contributed by atoms with Crippen LogP contribution in [0, 0.1) is 11.3 Å². The summed E-state index contributed by atoms with van der Waals surface area (Å²) in [4.78, 5) is 4.39. The molecular formula is C23H15BrN4O. The van der Waals surface area contributed by atoms with Gasteiger partial charge in [-0.05, 0) is 23.1 Å². The van der Waals surface area contributed by atoms with Crippen molar-refractivity contribution >= 4 is 38.2 Å². The van der Waals surface area contributed by atoms with Crippen molar-refractivity contribution in [3.8, 4) is 17.7 Å². The number of rotatable bonds is 1. The zero-order chi connectivity index (χ0) is 20.1. The molecule has 0 fully saturated rings. The van der Waals surface area contributed by atoms with Crippen LogP contribution in [0.4, 0.5) is 11.5 Å². The van der Waals surface area contributed by atoms with E-state index in [1.165, 1.54) is 0 Å². The van der Waals surface area contributed by atoms with Gasteiger partial charge in [-0.2, -0.15) is 10.2 Å². The zero-order valence-electron chi connectivity index (χ0n) is 15.2. The summed E-state index contributed by atoms with van der Waals surface area (Å²) in [6.07, 6.45) is 0. The minimum Gasteiger partial charge on any atom is -0.438 e. The van der Waals surface area contributed by atoms with Gasteiger partial charge in [0.25, 0.3) is 0 Å². The predicted octanol–water partition coefficient (Wildman–Crippen LogP) is 5.32. The molecule has 1 atom stereocenters. The maximum atomic E-state index is 9.53. The number of nitrogen functional groups attached to an aromatic ring is 2. The van der Waals surface area contributed by atoms with Crippen LogP contribution in [0.2, 0.25) is 0 Å². The Balaban J connectivity index is 1.87. The third-order valence-electron chi connectivity index (χ3n) is 5.29. The second kappa shape index (κ2) is 6.50. The van der Waals surface area contributed by atoms with E-state index < -0.39 is 0 Å². The molecule has 4 aromatic rings. The number of benzene rings is 3. The molecule has 0 aliphatic carbocycles. The molecule has 1 aromatic heterocycles. The van der Waals surface area contributed by atoms with Crippen LogP contribution in [-0.4, -0.2) is 4.98 Å². The predicted molar refractivity (Wildman–Crippen MR) is 117 cm³/mol. The van der Waals surface area contributed by atoms with E-state index in [9.17, 15) is 5.26 Å². The largest absolute Gasteiger partial charge is 0.438 e. The lowest BCUT2D eigenvalue weighted by Gasteiger charge is -2.30. The van der Waals surface area contributed by atoms with Gasteiger partial charge in [0.15, 0.2) is 0 Å². The van der Waals surface area contributed by atoms with Crippen molar-refractivity contribution in [3.05, 3.63) is 87.4 Å². The number of nitrogens with two attached hydrogens (primary N) is 2. The van der Waals surface area contributed by atoms with Crippen LogP contribution in [0.5, 0.6) is 11.6 Å². The normalized spacial score (nSPS) is 14.6. The van der Waals surface area contributed by atoms with Gasteiger partial charge < -0.3 is 16.2 Å². The molecule has 1 aliphatic heterocycles. The molecule has 0 saturated heterocycles. The van der Waals surface area contributed by atoms with E-state index in [4.69, 9.17) is 16.2 Å². The van der Waals surface area contributed by atoms with E-state index in [2.05, 4.69) is 39.1 Å². The van der Waals surface area contributed by atoms with Crippen molar-refractivity contribution in [2.24, 2.45) is 0 Å². The van der Waals surface area contributed by atoms with Gasteiger partial charge in [0, 0.05) is 21.3 Å². The number of hydrogen-bond acceptors (Lipinski definition) is 5. The lowest BCUT2D eigenvalue weighted by Crippen LogP contribution is -2.17. The molecule has 0 unspecified atom stereocenters. The van der Waals surface area contributed by atoms with Crippen LogP contribution in [0.25, 0.3) is 10.8 Å². The Morgan fingerprint density at radius 1 is 1.00 bits per heavy atom. The highest BCUT2D eigenvalue weighted by Gasteiger charge is 2.34. The van der Waals surface area contributed by atoms with E-state index in [-0.39, 0.29) is 17.3 Å². The summed E-state index contributed by atoms with van der Waals surface area (Å²) in [5.41, 5.74) is 15.6. The highest BCUT2D eigenvalue weighted by atomic mass is 79.9. The summed E-state index contributed by atoms with van der Waals surface area (Å²) < 4.78 is 7.22. The number of anilines is 2. The fraction of sp³-hybridized carbons (Fsp3) is 0.0435. The van der Waals surface area contributed by atoms with Crippen LogP contribution in [-0.2, 0) is 0 Å². The molecule has 4 N–H and O–H groups in total. The van der Waals surface area contributed by atoms with E-state index in [0.29, 0.717) is 17.1 Å². The smallest absolute Gasteiger partial charge is 0.227 e. The van der Waals surface area contributed by atoms with Crippen LogP contribution < -0.4 is 16.2 Å². The Morgan fingerprint density at radius 2 is 1.76 bits per heavy atom. The summed E-state index contributed by atoms with van der Waals surface area (Å²) in [7, 11) is 0. The molecular weight excluding hydrogens is 428 g/mol. The van der Waals surface area contributed by atoms with Crippen molar-refractivity contribution < 1.29 is 4.74 Å². The highest BCUT2D eigenvalue weighted by Crippen LogP contribution is 2.52. The Kier molecular flexibility index (Phi) is 3.93. The standard InChI is InChI=1S/C23H15BrN4O/c24-14-8-5-13(6-9-14)18-16-10-7-12-3-1-2-4-15(12)21(16)29-23-19(18)20(26)17(11-25)22(27)28-23/h1-10,18H,(H4,26,27,28)/t18-/m1/s1. The number of fused-ring (bicyclic) bond motifs is 4. The first kappa shape index (κ1) is 17.5. The second-order valence-corrected chi connectivity index (χ2v) is 7.82. The molecule has 6 heteroatoms. The van der Waals surface area contributed by atoms with Gasteiger partial charge >= 0.3 is 0 Å². The third kappa shape index (κ3) is 2.63. The van der Waals surface area contributed by atoms with E-state index >= 15 is 0 Å². The Hall–Kier alpha value is -3.56. The minimum absolute atomic E-state index is 0.0713. The first-order valence-corrected chi connectivity index (χ1v) is 9.81. The summed E-state index contributed by atoms with van der Waals surface area (Å²) >= 11 is 3.49. The topological polar surface area (TPSA) is 98.0 Å². The number of ether oxygens (including phenoxy) is 1. The van der Waals surface area contributed by atoms with E-state index in [1.807, 2.05) is 48.5 Å². The molecule has 0 spiro atoms. The summed E-state index contributed by atoms with van der Waals surface area (Å²) in [5.74, 6) is 0.920. The van der Waals surface area contributed by atoms with Crippen LogP contribution in [0.15, 0.2) is 65.1 Å². The van der Waals surface area contributed by atoms with Crippen molar-refractivity contribution in [2.45, 2.75) is 5.92 Å². The minimum atomic E-state index is -0.230. The third-order valence-corrected chi connectivity index (χ3v) is 5.82. The van der Waals surface area contributed by atoms with Gasteiger partial charge in [-0.3, -0.25) is 0 Å². The highest BCUT2D eigenvalue weighted by molar-refractivity contribution is 9.10. The molecule has 0 radical (unpaired) electrons. The van der Waals surface area contributed by atoms with Gasteiger partial charge in [0.1, 0.15) is 23.2 Å². The number of nitrogens with zero attached hydrogens (tertiary/aromatic N) is 2. The molecule has 140 valence electrons. The lowest BCUT2D eigenvalue weighted by molar-refractivity contribution is 0.440. The molecule has 0 bridgehead atoms. The first-order valence-electron chi connectivity index (χ1n) is 9.02. The van der Waals surface area contributed by atoms with Crippen molar-refractivity contribution in [2.75, 3.05) is 11.5 Å². The SMILES string of the molecule is N#Cc1c(N)nc2c(c1N)[C@H](c1ccc(Br)cc1)c1ccc3ccccc3c1O2. The molecule has 29 heavy (non-hydrogen) atoms. The first-order chi connectivity index (χ1) is 14.1. The summed E-state index contributed by atoms with van der Waals surface area (Å²) in [6, 6.07) is 22.3. The van der Waals surface area contributed by atoms with Crippen molar-refractivity contribution in [1.82, 2.24) is 4.98 Å². The Labute approximate surface area is 175 Å². The molecule has 3 aromatic carbocycles. The van der Waals surface area contributed by atoms with Gasteiger partial charge in [0.2, 0.25) is 5.88 Å². The zero-order valence-corrected chi connectivity index (χ0v) is 16.8. The molecule has 2 heterocycles. The van der Waals surface area contributed by atoms with Gasteiger partial charge in [-0.1, -0.05) is 64.5 Å². The summed E-state index contributed by atoms with van der Waals surface area (Å²) in [5, 5.41) is 11.6. The Morgan fingerprint density at radius 3 is 2.52 bits per heavy atom. The Bertz CT molecular complexity index is 1330. The molecule has 5 rings (SSSR count). The number of pyridine rings is 1. The van der Waals surface area contributed by atoms with Gasteiger partial charge in [0.05, 0.1) is 11.3 Å². The number of halogens is 1. The van der Waals surface area contributed by atoms with Crippen LogP contribution in [0.1, 0.15) is 28.2 Å². The van der Waals surface area contributed by atoms with E-state index in [1.54, 1.807) is 0 Å². The van der Waals surface area contributed by atoms with Crippen LogP contribution in [0.3, 0.4) is 0 Å². The average Bonchev–Trinajstić information content (AvgIpc) is 2.73. The van der Waals surface area contributed by atoms with E-state index in [0.717, 1.165) is 32.1 Å².